The maximum absolute atomic E-state index is 5.41. The number of nitrogens with zero attached hydrogens (tertiary/aromatic N) is 3. The van der Waals surface area contributed by atoms with Crippen LogP contribution < -0.4 is 0 Å². The number of hydrogen-bond donors (Lipinski definition) is 0. The molecule has 1 unspecified atom stereocenters. The Morgan fingerprint density at radius 1 is 1.27 bits per heavy atom. The molecule has 1 aromatic heterocycles. The summed E-state index contributed by atoms with van der Waals surface area (Å²) >= 11 is 7.11. The first-order chi connectivity index (χ1) is 10.8. The van der Waals surface area contributed by atoms with Gasteiger partial charge in [0.25, 0.3) is 5.17 Å². The van der Waals surface area contributed by atoms with E-state index in [0.717, 1.165) is 31.9 Å². The minimum atomic E-state index is 0.412. The van der Waals surface area contributed by atoms with Crippen molar-refractivity contribution >= 4 is 38.9 Å². The zero-order valence-electron chi connectivity index (χ0n) is 12.4. The molecule has 1 atom stereocenters. The molecule has 2 aliphatic heterocycles. The largest absolute Gasteiger partial charge is 0.469 e. The van der Waals surface area contributed by atoms with Gasteiger partial charge in [-0.15, -0.1) is 11.3 Å². The normalized spacial score (nSPS) is 23.2. The molecule has 22 heavy (non-hydrogen) atoms. The number of para-hydroxylation sites is 1. The van der Waals surface area contributed by atoms with Crippen molar-refractivity contribution in [2.24, 2.45) is 0 Å². The average molecular weight is 333 g/mol. The van der Waals surface area contributed by atoms with Crippen LogP contribution in [0, 0.1) is 0 Å². The van der Waals surface area contributed by atoms with E-state index in [0.29, 0.717) is 11.2 Å². The lowest BCUT2D eigenvalue weighted by atomic mass is 10.0. The lowest BCUT2D eigenvalue weighted by molar-refractivity contribution is 0.103. The van der Waals surface area contributed by atoms with Crippen LogP contribution in [0.2, 0.25) is 0 Å². The predicted molar refractivity (Wildman–Crippen MR) is 93.0 cm³/mol. The molecule has 2 fully saturated rings. The predicted octanol–water partition coefficient (Wildman–Crippen LogP) is 3.40. The van der Waals surface area contributed by atoms with Crippen molar-refractivity contribution in [1.29, 1.82) is 0 Å². The maximum Gasteiger partial charge on any atom is 0.260 e. The van der Waals surface area contributed by atoms with E-state index >= 15 is 0 Å². The van der Waals surface area contributed by atoms with E-state index in [1.54, 1.807) is 0 Å². The SMILES string of the molecule is S=C1OCCN1CN1CCCCC1c1nc2ccccc2s1. The second-order valence-corrected chi connectivity index (χ2v) is 7.27. The highest BCUT2D eigenvalue weighted by molar-refractivity contribution is 7.80. The van der Waals surface area contributed by atoms with Crippen molar-refractivity contribution in [3.63, 3.8) is 0 Å². The molecule has 0 saturated carbocycles. The van der Waals surface area contributed by atoms with Crippen molar-refractivity contribution in [1.82, 2.24) is 14.8 Å². The summed E-state index contributed by atoms with van der Waals surface area (Å²) in [6, 6.07) is 8.82. The van der Waals surface area contributed by atoms with E-state index < -0.39 is 0 Å². The Labute approximate surface area is 139 Å². The highest BCUT2D eigenvalue weighted by atomic mass is 32.1. The second-order valence-electron chi connectivity index (χ2n) is 5.86. The first-order valence-corrected chi connectivity index (χ1v) is 9.05. The number of thiocarbonyl (C=S) groups is 1. The van der Waals surface area contributed by atoms with Crippen LogP contribution in [0.25, 0.3) is 10.2 Å². The molecule has 0 N–H and O–H groups in total. The van der Waals surface area contributed by atoms with Gasteiger partial charge in [-0.05, 0) is 37.2 Å². The summed E-state index contributed by atoms with van der Waals surface area (Å²) in [5.74, 6) is 0. The summed E-state index contributed by atoms with van der Waals surface area (Å²) < 4.78 is 6.69. The van der Waals surface area contributed by atoms with Gasteiger partial charge in [0.1, 0.15) is 11.6 Å². The number of likely N-dealkylation sites (tertiary alicyclic amines) is 1. The zero-order chi connectivity index (χ0) is 14.9. The molecule has 2 saturated heterocycles. The third kappa shape index (κ3) is 2.71. The van der Waals surface area contributed by atoms with Crippen LogP contribution in [0.15, 0.2) is 24.3 Å². The van der Waals surface area contributed by atoms with Crippen molar-refractivity contribution in [2.45, 2.75) is 25.3 Å². The summed E-state index contributed by atoms with van der Waals surface area (Å²) in [6.07, 6.45) is 3.71. The van der Waals surface area contributed by atoms with Crippen LogP contribution in [0.3, 0.4) is 0 Å². The molecule has 4 rings (SSSR count). The number of thiazole rings is 1. The molecule has 0 spiro atoms. The number of hydrogen-bond acceptors (Lipinski definition) is 5. The first-order valence-electron chi connectivity index (χ1n) is 7.82. The molecular formula is C16H19N3OS2. The van der Waals surface area contributed by atoms with Gasteiger partial charge in [-0.25, -0.2) is 4.98 Å². The molecular weight excluding hydrogens is 314 g/mol. The Bertz CT molecular complexity index is 654. The van der Waals surface area contributed by atoms with Gasteiger partial charge in [0.2, 0.25) is 0 Å². The Kier molecular flexibility index (Phi) is 3.98. The van der Waals surface area contributed by atoms with Gasteiger partial charge >= 0.3 is 0 Å². The number of piperidine rings is 1. The van der Waals surface area contributed by atoms with Gasteiger partial charge in [-0.2, -0.15) is 0 Å². The van der Waals surface area contributed by atoms with Gasteiger partial charge in [0.15, 0.2) is 0 Å². The molecule has 1 aromatic carbocycles. The molecule has 2 aliphatic rings. The fourth-order valence-corrected chi connectivity index (χ4v) is 4.62. The van der Waals surface area contributed by atoms with E-state index in [2.05, 4.69) is 34.1 Å². The summed E-state index contributed by atoms with van der Waals surface area (Å²) in [4.78, 5) is 9.56. The van der Waals surface area contributed by atoms with Gasteiger partial charge in [0.05, 0.1) is 29.5 Å². The molecule has 2 aromatic rings. The fraction of sp³-hybridized carbons (Fsp3) is 0.500. The third-order valence-electron chi connectivity index (χ3n) is 4.41. The minimum absolute atomic E-state index is 0.412. The molecule has 6 heteroatoms. The van der Waals surface area contributed by atoms with Crippen molar-refractivity contribution in [2.75, 3.05) is 26.4 Å². The minimum Gasteiger partial charge on any atom is -0.469 e. The lowest BCUT2D eigenvalue weighted by Crippen LogP contribution is -2.42. The maximum atomic E-state index is 5.41. The third-order valence-corrected chi connectivity index (χ3v) is 5.92. The van der Waals surface area contributed by atoms with Crippen LogP contribution in [0.5, 0.6) is 0 Å². The topological polar surface area (TPSA) is 28.6 Å². The van der Waals surface area contributed by atoms with Crippen LogP contribution in [0.4, 0.5) is 0 Å². The van der Waals surface area contributed by atoms with Crippen LogP contribution in [0.1, 0.15) is 30.3 Å². The standard InChI is InChI=1S/C16H19N3OS2/c21-16-19(9-10-20-16)11-18-8-4-3-6-13(18)15-17-12-5-1-2-7-14(12)22-15/h1-2,5,7,13H,3-4,6,8-11H2. The molecule has 0 bridgehead atoms. The monoisotopic (exact) mass is 333 g/mol. The number of fused-ring (bicyclic) bond motifs is 1. The van der Waals surface area contributed by atoms with Crippen molar-refractivity contribution in [3.05, 3.63) is 29.3 Å². The van der Waals surface area contributed by atoms with Crippen LogP contribution in [-0.4, -0.2) is 46.3 Å². The average Bonchev–Trinajstić information content (AvgIpc) is 3.14. The number of benzene rings is 1. The molecule has 0 amide bonds. The second kappa shape index (κ2) is 6.10. The van der Waals surface area contributed by atoms with E-state index in [-0.39, 0.29) is 0 Å². The molecule has 4 nitrogen and oxygen atoms in total. The van der Waals surface area contributed by atoms with Crippen LogP contribution >= 0.6 is 23.6 Å². The van der Waals surface area contributed by atoms with Gasteiger partial charge in [0, 0.05) is 6.54 Å². The first kappa shape index (κ1) is 14.4. The van der Waals surface area contributed by atoms with Gasteiger partial charge in [-0.1, -0.05) is 18.6 Å². The van der Waals surface area contributed by atoms with Gasteiger partial charge < -0.3 is 9.64 Å². The zero-order valence-corrected chi connectivity index (χ0v) is 14.0. The Morgan fingerprint density at radius 3 is 3.00 bits per heavy atom. The molecule has 0 radical (unpaired) electrons. The lowest BCUT2D eigenvalue weighted by Gasteiger charge is -2.36. The number of rotatable bonds is 3. The molecule has 0 aliphatic carbocycles. The van der Waals surface area contributed by atoms with Crippen molar-refractivity contribution < 1.29 is 4.74 Å². The van der Waals surface area contributed by atoms with E-state index in [1.165, 1.54) is 29.0 Å². The summed E-state index contributed by atoms with van der Waals surface area (Å²) in [5, 5.41) is 1.89. The quantitative estimate of drug-likeness (QED) is 0.803. The van der Waals surface area contributed by atoms with Crippen molar-refractivity contribution in [3.8, 4) is 0 Å². The van der Waals surface area contributed by atoms with Crippen LogP contribution in [-0.2, 0) is 4.74 Å². The Balaban J connectivity index is 1.58. The van der Waals surface area contributed by atoms with E-state index in [9.17, 15) is 0 Å². The summed E-state index contributed by atoms with van der Waals surface area (Å²) in [7, 11) is 0. The van der Waals surface area contributed by atoms with Gasteiger partial charge in [-0.3, -0.25) is 4.90 Å². The fourth-order valence-electron chi connectivity index (χ4n) is 3.25. The molecule has 3 heterocycles. The Morgan fingerprint density at radius 2 is 2.18 bits per heavy atom. The van der Waals surface area contributed by atoms with E-state index in [4.69, 9.17) is 21.9 Å². The number of ether oxygens (including phenoxy) is 1. The summed E-state index contributed by atoms with van der Waals surface area (Å²) in [5.41, 5.74) is 1.12. The molecule has 116 valence electrons. The Hall–Kier alpha value is -1.24. The van der Waals surface area contributed by atoms with E-state index in [1.807, 2.05) is 11.3 Å². The highest BCUT2D eigenvalue weighted by Gasteiger charge is 2.30. The highest BCUT2D eigenvalue weighted by Crippen LogP contribution is 2.35. The number of aromatic nitrogens is 1. The summed E-state index contributed by atoms with van der Waals surface area (Å²) in [6.45, 7) is 3.60. The smallest absolute Gasteiger partial charge is 0.260 e.